The molecule has 9 nitrogen and oxygen atoms in total. The Labute approximate surface area is 121 Å². The number of hydrogen-bond acceptors (Lipinski definition) is 7. The number of carboxylic acids is 1. The van der Waals surface area contributed by atoms with E-state index in [2.05, 4.69) is 14.6 Å². The van der Waals surface area contributed by atoms with Crippen LogP contribution in [-0.2, 0) is 16.0 Å². The van der Waals surface area contributed by atoms with Crippen LogP contribution in [0.2, 0.25) is 0 Å². The van der Waals surface area contributed by atoms with Gasteiger partial charge in [0.15, 0.2) is 11.4 Å². The molecule has 0 amide bonds. The van der Waals surface area contributed by atoms with Gasteiger partial charge in [0.05, 0.1) is 25.9 Å². The molecule has 22 heavy (non-hydrogen) atoms. The van der Waals surface area contributed by atoms with E-state index in [1.54, 1.807) is 0 Å². The number of nitrogens with one attached hydrogen (secondary N) is 1. The number of methoxy groups -OCH3 is 1. The first-order valence-corrected chi connectivity index (χ1v) is 5.66. The predicted octanol–water partition coefficient (Wildman–Crippen LogP) is 0.856. The molecule has 1 aromatic rings. The molecule has 0 radical (unpaired) electrons. The smallest absolute Gasteiger partial charge is 0.411 e. The maximum Gasteiger partial charge on any atom is 0.411 e. The molecule has 1 aromatic heterocycles. The number of alkyl halides is 3. The molecule has 0 saturated carbocycles. The van der Waals surface area contributed by atoms with Crippen molar-refractivity contribution in [2.45, 2.75) is 12.7 Å². The van der Waals surface area contributed by atoms with Crippen LogP contribution >= 0.6 is 0 Å². The summed E-state index contributed by atoms with van der Waals surface area (Å²) in [6, 6.07) is 0. The van der Waals surface area contributed by atoms with Crippen LogP contribution in [0.5, 0.6) is 0 Å². The van der Waals surface area contributed by atoms with Crippen LogP contribution in [-0.4, -0.2) is 53.3 Å². The lowest BCUT2D eigenvalue weighted by molar-refractivity contribution is -0.174. The number of hydrogen-bond donors (Lipinski definition) is 2. The van der Waals surface area contributed by atoms with Crippen molar-refractivity contribution in [2.75, 3.05) is 25.8 Å². The molecule has 0 bridgehead atoms. The lowest BCUT2D eigenvalue weighted by Gasteiger charge is -2.11. The Hall–Kier alpha value is -2.34. The van der Waals surface area contributed by atoms with Gasteiger partial charge in [0, 0.05) is 0 Å². The van der Waals surface area contributed by atoms with Gasteiger partial charge in [-0.1, -0.05) is 0 Å². The van der Waals surface area contributed by atoms with Gasteiger partial charge in [-0.2, -0.15) is 18.3 Å². The number of aromatic carboxylic acids is 1. The zero-order chi connectivity index (χ0) is 16.9. The van der Waals surface area contributed by atoms with Gasteiger partial charge in [-0.15, -0.1) is 0 Å². The minimum atomic E-state index is -4.53. The van der Waals surface area contributed by atoms with Gasteiger partial charge >= 0.3 is 18.1 Å². The van der Waals surface area contributed by atoms with E-state index >= 15 is 0 Å². The molecule has 0 aromatic carbocycles. The normalized spacial score (nSPS) is 11.3. The highest BCUT2D eigenvalue weighted by molar-refractivity contribution is 6.01. The Balaban J connectivity index is 2.96. The number of carboxylic acid groups (broad SMARTS) is 1. The second-order valence-electron chi connectivity index (χ2n) is 3.86. The molecule has 1 rings (SSSR count). The van der Waals surface area contributed by atoms with Crippen LogP contribution in [0.25, 0.3) is 0 Å². The van der Waals surface area contributed by atoms with Crippen molar-refractivity contribution in [1.29, 1.82) is 0 Å². The lowest BCUT2D eigenvalue weighted by Crippen LogP contribution is -2.20. The fourth-order valence-electron chi connectivity index (χ4n) is 1.52. The third kappa shape index (κ3) is 4.33. The van der Waals surface area contributed by atoms with Crippen molar-refractivity contribution >= 4 is 17.6 Å². The monoisotopic (exact) mass is 326 g/mol. The second-order valence-corrected chi connectivity index (χ2v) is 3.86. The molecule has 0 saturated heterocycles. The molecule has 0 aliphatic carbocycles. The second kappa shape index (κ2) is 7.09. The number of esters is 1. The number of halogens is 3. The fourth-order valence-corrected chi connectivity index (χ4v) is 1.52. The first-order valence-electron chi connectivity index (χ1n) is 5.66. The largest absolute Gasteiger partial charge is 0.761 e. The van der Waals surface area contributed by atoms with Crippen molar-refractivity contribution in [3.05, 3.63) is 16.6 Å². The average molecular weight is 326 g/mol. The van der Waals surface area contributed by atoms with E-state index in [1.165, 1.54) is 5.48 Å². The molecule has 1 heterocycles. The van der Waals surface area contributed by atoms with Crippen LogP contribution < -0.4 is 5.48 Å². The third-order valence-corrected chi connectivity index (χ3v) is 2.35. The van der Waals surface area contributed by atoms with Crippen LogP contribution in [0, 0.1) is 5.21 Å². The van der Waals surface area contributed by atoms with E-state index < -0.39 is 54.9 Å². The SMILES string of the molecule is COC(=O)c1nn(CCOCC(F)(F)F)c(C(=O)O)c1N[O-]. The Morgan fingerprint density at radius 3 is 2.55 bits per heavy atom. The molecule has 0 aliphatic heterocycles. The van der Waals surface area contributed by atoms with E-state index in [9.17, 15) is 28.0 Å². The summed E-state index contributed by atoms with van der Waals surface area (Å²) in [5.74, 6) is -2.67. The van der Waals surface area contributed by atoms with Crippen molar-refractivity contribution < 1.29 is 37.3 Å². The first-order chi connectivity index (χ1) is 10.2. The van der Waals surface area contributed by atoms with Gasteiger partial charge in [0.2, 0.25) is 0 Å². The maximum atomic E-state index is 11.9. The number of ether oxygens (including phenoxy) is 2. The Kier molecular flexibility index (Phi) is 5.70. The summed E-state index contributed by atoms with van der Waals surface area (Å²) in [7, 11) is 0.989. The minimum absolute atomic E-state index is 0.413. The topological polar surface area (TPSA) is 126 Å². The zero-order valence-electron chi connectivity index (χ0n) is 11.1. The summed E-state index contributed by atoms with van der Waals surface area (Å²) in [5, 5.41) is 23.4. The van der Waals surface area contributed by atoms with Gasteiger partial charge in [-0.05, 0) is 0 Å². The fraction of sp³-hybridized carbons (Fsp3) is 0.500. The summed E-state index contributed by atoms with van der Waals surface area (Å²) in [4.78, 5) is 22.5. The average Bonchev–Trinajstić information content (AvgIpc) is 2.80. The van der Waals surface area contributed by atoms with Gasteiger partial charge < -0.3 is 25.3 Å². The zero-order valence-corrected chi connectivity index (χ0v) is 11.1. The third-order valence-electron chi connectivity index (χ3n) is 2.35. The molecule has 2 N–H and O–H groups in total. The quantitative estimate of drug-likeness (QED) is 0.429. The molecular formula is C10H11F3N3O6-. The number of anilines is 1. The Bertz CT molecular complexity index is 557. The first kappa shape index (κ1) is 17.7. The Morgan fingerprint density at radius 2 is 2.09 bits per heavy atom. The molecule has 0 spiro atoms. The summed E-state index contributed by atoms with van der Waals surface area (Å²) in [5.41, 5.74) is -0.664. The maximum absolute atomic E-state index is 11.9. The van der Waals surface area contributed by atoms with Crippen LogP contribution in [0.15, 0.2) is 0 Å². The van der Waals surface area contributed by atoms with Gasteiger partial charge in [-0.3, -0.25) is 4.68 Å². The standard InChI is InChI=1S/C10H11F3N3O6/c1-21-9(19)6-5(15-20)7(8(17)18)16(14-6)2-3-22-4-10(11,12)13/h15H,2-4H2,1H3,(H,17,18)/q-1. The molecule has 0 unspecified atom stereocenters. The van der Waals surface area contributed by atoms with Crippen LogP contribution in [0.3, 0.4) is 0 Å². The van der Waals surface area contributed by atoms with E-state index in [4.69, 9.17) is 5.11 Å². The summed E-state index contributed by atoms with van der Waals surface area (Å²) >= 11 is 0. The Morgan fingerprint density at radius 1 is 1.45 bits per heavy atom. The lowest BCUT2D eigenvalue weighted by atomic mass is 10.3. The molecule has 124 valence electrons. The summed E-state index contributed by atoms with van der Waals surface area (Å²) in [6.45, 7) is -2.46. The van der Waals surface area contributed by atoms with E-state index in [0.29, 0.717) is 4.68 Å². The van der Waals surface area contributed by atoms with Crippen molar-refractivity contribution in [3.63, 3.8) is 0 Å². The summed E-state index contributed by atoms with van der Waals surface area (Å²) < 4.78 is 45.0. The number of rotatable bonds is 7. The highest BCUT2D eigenvalue weighted by atomic mass is 19.4. The number of nitrogens with zero attached hydrogens (tertiary/aromatic N) is 2. The van der Waals surface area contributed by atoms with E-state index in [1.807, 2.05) is 0 Å². The van der Waals surface area contributed by atoms with Crippen LogP contribution in [0.1, 0.15) is 21.0 Å². The van der Waals surface area contributed by atoms with Crippen molar-refractivity contribution in [3.8, 4) is 0 Å². The van der Waals surface area contributed by atoms with E-state index in [-0.39, 0.29) is 0 Å². The highest BCUT2D eigenvalue weighted by Gasteiger charge is 2.28. The number of carbonyl (C=O) groups excluding carboxylic acids is 1. The predicted molar refractivity (Wildman–Crippen MR) is 64.4 cm³/mol. The van der Waals surface area contributed by atoms with Crippen LogP contribution in [0.4, 0.5) is 18.9 Å². The van der Waals surface area contributed by atoms with Crippen molar-refractivity contribution in [2.24, 2.45) is 0 Å². The molecule has 0 aliphatic rings. The number of aromatic nitrogens is 2. The van der Waals surface area contributed by atoms with E-state index in [0.717, 1.165) is 7.11 Å². The molecule has 0 fully saturated rings. The molecule has 12 heteroatoms. The number of carbonyl (C=O) groups is 2. The van der Waals surface area contributed by atoms with Gasteiger partial charge in [0.25, 0.3) is 0 Å². The van der Waals surface area contributed by atoms with Gasteiger partial charge in [0.1, 0.15) is 6.61 Å². The molecular weight excluding hydrogens is 315 g/mol. The highest BCUT2D eigenvalue weighted by Crippen LogP contribution is 2.22. The summed E-state index contributed by atoms with van der Waals surface area (Å²) in [6.07, 6.45) is -4.53. The van der Waals surface area contributed by atoms with Gasteiger partial charge in [-0.25, -0.2) is 9.59 Å². The van der Waals surface area contributed by atoms with Crippen molar-refractivity contribution in [1.82, 2.24) is 9.78 Å². The minimum Gasteiger partial charge on any atom is -0.761 e. The molecule has 0 atom stereocenters.